The molecule has 1 aromatic heterocycles. The van der Waals surface area contributed by atoms with Crippen LogP contribution in [0, 0.1) is 17.0 Å². The average Bonchev–Trinajstić information content (AvgIpc) is 3.03. The number of aryl methyl sites for hydroxylation is 1. The van der Waals surface area contributed by atoms with E-state index in [2.05, 4.69) is 9.82 Å². The number of rotatable bonds is 6. The molecule has 0 saturated carbocycles. The van der Waals surface area contributed by atoms with Gasteiger partial charge in [-0.2, -0.15) is 5.10 Å². The Morgan fingerprint density at radius 1 is 1.15 bits per heavy atom. The SMILES string of the molecule is Cc1ccccc1Cn1cc(NS(=O)(=O)c2ccccc2[N+](=O)[O-])cn1. The molecule has 8 nitrogen and oxygen atoms in total. The quantitative estimate of drug-likeness (QED) is 0.529. The summed E-state index contributed by atoms with van der Waals surface area (Å²) in [5.74, 6) is 0. The first-order chi connectivity index (χ1) is 12.4. The monoisotopic (exact) mass is 372 g/mol. The number of nitrogens with one attached hydrogen (secondary N) is 1. The Hall–Kier alpha value is -3.20. The highest BCUT2D eigenvalue weighted by atomic mass is 32.2. The van der Waals surface area contributed by atoms with Crippen molar-refractivity contribution in [2.24, 2.45) is 0 Å². The first kappa shape index (κ1) is 17.6. The second-order valence-electron chi connectivity index (χ2n) is 5.68. The van der Waals surface area contributed by atoms with Crippen LogP contribution in [0.25, 0.3) is 0 Å². The maximum absolute atomic E-state index is 12.5. The Morgan fingerprint density at radius 2 is 1.85 bits per heavy atom. The maximum atomic E-state index is 12.5. The van der Waals surface area contributed by atoms with Gasteiger partial charge in [0, 0.05) is 12.3 Å². The van der Waals surface area contributed by atoms with Gasteiger partial charge >= 0.3 is 0 Å². The molecule has 0 aliphatic rings. The Labute approximate surface area is 150 Å². The molecule has 134 valence electrons. The smallest absolute Gasteiger partial charge is 0.276 e. The Kier molecular flexibility index (Phi) is 4.72. The molecule has 0 aliphatic heterocycles. The van der Waals surface area contributed by atoms with E-state index >= 15 is 0 Å². The lowest BCUT2D eigenvalue weighted by molar-refractivity contribution is -0.387. The molecule has 1 N–H and O–H groups in total. The van der Waals surface area contributed by atoms with Crippen molar-refractivity contribution < 1.29 is 13.3 Å². The van der Waals surface area contributed by atoms with Crippen LogP contribution in [0.5, 0.6) is 0 Å². The molecule has 0 bridgehead atoms. The minimum Gasteiger partial charge on any atom is -0.276 e. The summed E-state index contributed by atoms with van der Waals surface area (Å²) in [6, 6.07) is 13.0. The Bertz CT molecular complexity index is 1060. The number of benzene rings is 2. The number of hydrogen-bond acceptors (Lipinski definition) is 5. The van der Waals surface area contributed by atoms with E-state index in [9.17, 15) is 18.5 Å². The van der Waals surface area contributed by atoms with Gasteiger partial charge in [0.15, 0.2) is 4.90 Å². The summed E-state index contributed by atoms with van der Waals surface area (Å²) in [6.07, 6.45) is 2.91. The molecule has 0 radical (unpaired) electrons. The van der Waals surface area contributed by atoms with Crippen molar-refractivity contribution in [3.8, 4) is 0 Å². The van der Waals surface area contributed by atoms with E-state index in [1.165, 1.54) is 24.4 Å². The predicted molar refractivity (Wildman–Crippen MR) is 96.4 cm³/mol. The number of nitro groups is 1. The predicted octanol–water partition coefficient (Wildman–Crippen LogP) is 2.95. The highest BCUT2D eigenvalue weighted by molar-refractivity contribution is 7.92. The van der Waals surface area contributed by atoms with E-state index in [1.54, 1.807) is 10.9 Å². The third kappa shape index (κ3) is 3.72. The summed E-state index contributed by atoms with van der Waals surface area (Å²) in [5, 5.41) is 15.2. The molecule has 0 atom stereocenters. The molecule has 3 aromatic rings. The Morgan fingerprint density at radius 3 is 2.58 bits per heavy atom. The van der Waals surface area contributed by atoms with Crippen LogP contribution in [0.15, 0.2) is 65.8 Å². The Balaban J connectivity index is 1.83. The van der Waals surface area contributed by atoms with Crippen LogP contribution in [-0.4, -0.2) is 23.1 Å². The van der Waals surface area contributed by atoms with Gasteiger partial charge in [-0.1, -0.05) is 36.4 Å². The number of para-hydroxylation sites is 1. The first-order valence-electron chi connectivity index (χ1n) is 7.70. The van der Waals surface area contributed by atoms with Gasteiger partial charge in [0.1, 0.15) is 0 Å². The van der Waals surface area contributed by atoms with Crippen molar-refractivity contribution in [3.63, 3.8) is 0 Å². The van der Waals surface area contributed by atoms with Gasteiger partial charge in [0.05, 0.1) is 23.4 Å². The fraction of sp³-hybridized carbons (Fsp3) is 0.118. The zero-order valence-electron chi connectivity index (χ0n) is 13.9. The second-order valence-corrected chi connectivity index (χ2v) is 7.33. The van der Waals surface area contributed by atoms with E-state index in [0.29, 0.717) is 6.54 Å². The van der Waals surface area contributed by atoms with Crippen molar-refractivity contribution in [1.29, 1.82) is 0 Å². The molecular weight excluding hydrogens is 356 g/mol. The maximum Gasteiger partial charge on any atom is 0.289 e. The molecule has 0 aliphatic carbocycles. The minimum atomic E-state index is -4.10. The van der Waals surface area contributed by atoms with Gasteiger partial charge < -0.3 is 0 Å². The highest BCUT2D eigenvalue weighted by Gasteiger charge is 2.25. The van der Waals surface area contributed by atoms with Crippen LogP contribution >= 0.6 is 0 Å². The van der Waals surface area contributed by atoms with Gasteiger partial charge in [-0.05, 0) is 24.1 Å². The van der Waals surface area contributed by atoms with E-state index in [4.69, 9.17) is 0 Å². The van der Waals surface area contributed by atoms with Crippen molar-refractivity contribution in [3.05, 3.63) is 82.2 Å². The highest BCUT2D eigenvalue weighted by Crippen LogP contribution is 2.25. The van der Waals surface area contributed by atoms with Crippen LogP contribution < -0.4 is 4.72 Å². The number of nitro benzene ring substituents is 1. The van der Waals surface area contributed by atoms with Crippen LogP contribution in [0.3, 0.4) is 0 Å². The van der Waals surface area contributed by atoms with Crippen molar-refractivity contribution in [2.75, 3.05) is 4.72 Å². The van der Waals surface area contributed by atoms with Crippen molar-refractivity contribution >= 4 is 21.4 Å². The molecule has 0 amide bonds. The largest absolute Gasteiger partial charge is 0.289 e. The molecular formula is C17H16N4O4S. The fourth-order valence-electron chi connectivity index (χ4n) is 2.51. The summed E-state index contributed by atoms with van der Waals surface area (Å²) in [6.45, 7) is 2.47. The summed E-state index contributed by atoms with van der Waals surface area (Å²) in [4.78, 5) is 9.94. The number of sulfonamides is 1. The zero-order chi connectivity index (χ0) is 18.7. The van der Waals surface area contributed by atoms with Gasteiger partial charge in [-0.15, -0.1) is 0 Å². The molecule has 0 fully saturated rings. The lowest BCUT2D eigenvalue weighted by Crippen LogP contribution is -2.14. The molecule has 9 heteroatoms. The summed E-state index contributed by atoms with van der Waals surface area (Å²) in [7, 11) is -4.10. The van der Waals surface area contributed by atoms with E-state index in [1.807, 2.05) is 31.2 Å². The average molecular weight is 372 g/mol. The lowest BCUT2D eigenvalue weighted by atomic mass is 10.1. The normalized spacial score (nSPS) is 11.3. The van der Waals surface area contributed by atoms with Gasteiger partial charge in [0.25, 0.3) is 15.7 Å². The zero-order valence-corrected chi connectivity index (χ0v) is 14.7. The van der Waals surface area contributed by atoms with Crippen LogP contribution in [-0.2, 0) is 16.6 Å². The van der Waals surface area contributed by atoms with Gasteiger partial charge in [-0.3, -0.25) is 19.5 Å². The topological polar surface area (TPSA) is 107 Å². The number of anilines is 1. The van der Waals surface area contributed by atoms with E-state index in [0.717, 1.165) is 17.2 Å². The van der Waals surface area contributed by atoms with Gasteiger partial charge in [-0.25, -0.2) is 8.42 Å². The van der Waals surface area contributed by atoms with E-state index in [-0.39, 0.29) is 5.69 Å². The summed E-state index contributed by atoms with van der Waals surface area (Å²) in [5.41, 5.74) is 1.91. The van der Waals surface area contributed by atoms with Crippen molar-refractivity contribution in [1.82, 2.24) is 9.78 Å². The minimum absolute atomic E-state index is 0.233. The molecule has 1 heterocycles. The van der Waals surface area contributed by atoms with Crippen LogP contribution in [0.2, 0.25) is 0 Å². The first-order valence-corrected chi connectivity index (χ1v) is 9.18. The fourth-order valence-corrected chi connectivity index (χ4v) is 3.71. The number of nitrogens with zero attached hydrogens (tertiary/aromatic N) is 3. The third-order valence-corrected chi connectivity index (χ3v) is 5.26. The summed E-state index contributed by atoms with van der Waals surface area (Å²) < 4.78 is 28.9. The molecule has 26 heavy (non-hydrogen) atoms. The molecule has 0 saturated heterocycles. The number of aromatic nitrogens is 2. The van der Waals surface area contributed by atoms with Crippen LogP contribution in [0.4, 0.5) is 11.4 Å². The third-order valence-electron chi connectivity index (χ3n) is 3.83. The number of hydrogen-bond donors (Lipinski definition) is 1. The van der Waals surface area contributed by atoms with Crippen molar-refractivity contribution in [2.45, 2.75) is 18.4 Å². The standard InChI is InChI=1S/C17H16N4O4S/c1-13-6-2-3-7-14(13)11-20-12-15(10-18-20)19-26(24,25)17-9-5-4-8-16(17)21(22)23/h2-10,12,19H,11H2,1H3. The summed E-state index contributed by atoms with van der Waals surface area (Å²) >= 11 is 0. The second kappa shape index (κ2) is 6.96. The van der Waals surface area contributed by atoms with Gasteiger partial charge in [0.2, 0.25) is 0 Å². The molecule has 0 spiro atoms. The van der Waals surface area contributed by atoms with Crippen LogP contribution in [0.1, 0.15) is 11.1 Å². The molecule has 2 aromatic carbocycles. The lowest BCUT2D eigenvalue weighted by Gasteiger charge is -2.07. The van der Waals surface area contributed by atoms with E-state index < -0.39 is 25.5 Å². The molecule has 0 unspecified atom stereocenters. The molecule has 3 rings (SSSR count).